The van der Waals surface area contributed by atoms with Crippen molar-refractivity contribution in [2.75, 3.05) is 13.3 Å². The Morgan fingerprint density at radius 3 is 1.59 bits per heavy atom. The average molecular weight is 448 g/mol. The van der Waals surface area contributed by atoms with E-state index >= 15 is 0 Å². The fraction of sp³-hybridized carbons (Fsp3) is 0.619. The van der Waals surface area contributed by atoms with Crippen molar-refractivity contribution in [3.8, 4) is 0 Å². The highest BCUT2D eigenvalue weighted by Gasteiger charge is 2.29. The van der Waals surface area contributed by atoms with E-state index in [1.54, 1.807) is 6.08 Å². The molecule has 0 saturated carbocycles. The van der Waals surface area contributed by atoms with E-state index in [9.17, 15) is 14.0 Å². The van der Waals surface area contributed by atoms with E-state index in [-0.39, 0.29) is 6.61 Å². The first-order chi connectivity index (χ1) is 13.3. The molecule has 2 unspecified atom stereocenters. The third-order valence-electron chi connectivity index (χ3n) is 4.08. The third-order valence-corrected chi connectivity index (χ3v) is 6.59. The monoisotopic (exact) mass is 448 g/mol. The quantitative estimate of drug-likeness (QED) is 0.218. The van der Waals surface area contributed by atoms with Crippen LogP contribution in [0.4, 0.5) is 0 Å². The lowest BCUT2D eigenvalue weighted by Gasteiger charge is -2.12. The topological polar surface area (TPSA) is 93.1 Å². The molecule has 0 aliphatic carbocycles. The Hall–Kier alpha value is -0.740. The van der Waals surface area contributed by atoms with Crippen LogP contribution in [0.3, 0.4) is 0 Å². The van der Waals surface area contributed by atoms with Gasteiger partial charge >= 0.3 is 15.4 Å². The van der Waals surface area contributed by atoms with Crippen LogP contribution in [0, 0.1) is 0 Å². The highest BCUT2D eigenvalue weighted by Crippen LogP contribution is 2.57. The Bertz CT molecular complexity index is 709. The van der Waals surface area contributed by atoms with Gasteiger partial charge in [0.25, 0.3) is 0 Å². The van der Waals surface area contributed by atoms with Crippen LogP contribution in [0.15, 0.2) is 46.6 Å². The summed E-state index contributed by atoms with van der Waals surface area (Å²) >= 11 is 0. The van der Waals surface area contributed by atoms with Crippen LogP contribution in [0.25, 0.3) is 0 Å². The Morgan fingerprint density at radius 1 is 0.759 bits per heavy atom. The van der Waals surface area contributed by atoms with E-state index < -0.39 is 15.4 Å². The van der Waals surface area contributed by atoms with Crippen LogP contribution in [-0.2, 0) is 18.0 Å². The van der Waals surface area contributed by atoms with E-state index in [2.05, 4.69) is 54.8 Å². The normalized spacial score (nSPS) is 17.6. The lowest BCUT2D eigenvalue weighted by Crippen LogP contribution is -1.94. The number of phosphoric acid groups is 1. The van der Waals surface area contributed by atoms with Crippen molar-refractivity contribution >= 4 is 15.4 Å². The van der Waals surface area contributed by atoms with Crippen LogP contribution >= 0.6 is 15.4 Å². The molecule has 2 N–H and O–H groups in total. The van der Waals surface area contributed by atoms with Crippen molar-refractivity contribution in [1.29, 1.82) is 0 Å². The molecular formula is C21H38O6P2. The molecule has 6 nitrogen and oxygen atoms in total. The molecule has 29 heavy (non-hydrogen) atoms. The maximum atomic E-state index is 11.5. The molecule has 0 aliphatic rings. The molecule has 8 heteroatoms. The summed E-state index contributed by atoms with van der Waals surface area (Å²) in [6, 6.07) is 0. The number of allylic oxidation sites excluding steroid dienone is 7. The molecule has 0 amide bonds. The maximum absolute atomic E-state index is 11.5. The Kier molecular flexibility index (Phi) is 13.9. The van der Waals surface area contributed by atoms with E-state index in [4.69, 9.17) is 4.89 Å². The molecule has 0 aromatic rings. The number of hydrogen-bond acceptors (Lipinski definition) is 4. The van der Waals surface area contributed by atoms with Crippen LogP contribution in [0.5, 0.6) is 0 Å². The van der Waals surface area contributed by atoms with Gasteiger partial charge in [-0.3, -0.25) is 9.09 Å². The SMILES string of the molecule is CC(C)=CCC/C(C)=C/CC/C(C)=C\CC/C(C)=C/COP(=O)(O)OP(C)(=O)O. The van der Waals surface area contributed by atoms with E-state index in [0.717, 1.165) is 50.8 Å². The zero-order valence-corrected chi connectivity index (χ0v) is 20.5. The van der Waals surface area contributed by atoms with Crippen molar-refractivity contribution in [2.24, 2.45) is 0 Å². The first kappa shape index (κ1) is 28.3. The summed E-state index contributed by atoms with van der Waals surface area (Å²) in [5.74, 6) is 0. The smallest absolute Gasteiger partial charge is 0.324 e. The number of phosphoric ester groups is 1. The van der Waals surface area contributed by atoms with E-state index in [0.29, 0.717) is 0 Å². The second-order valence-corrected chi connectivity index (χ2v) is 11.2. The molecule has 0 rings (SSSR count). The summed E-state index contributed by atoms with van der Waals surface area (Å²) in [7, 11) is -8.60. The molecular weight excluding hydrogens is 410 g/mol. The standard InChI is InChI=1S/C21H38O6P2/c1-18(2)10-7-11-19(3)12-8-13-20(4)14-9-15-21(5)16-17-26-29(24,25)27-28(6,22)23/h10,12,14,16H,7-9,11,13,15,17H2,1-6H3,(H,22,23)(H,24,25)/b19-12+,20-14-,21-16+. The van der Waals surface area contributed by atoms with E-state index in [1.807, 2.05) is 6.92 Å². The fourth-order valence-corrected chi connectivity index (χ4v) is 4.46. The van der Waals surface area contributed by atoms with Gasteiger partial charge < -0.3 is 9.79 Å². The Labute approximate surface area is 176 Å². The van der Waals surface area contributed by atoms with Crippen molar-refractivity contribution in [2.45, 2.75) is 73.1 Å². The first-order valence-corrected chi connectivity index (χ1v) is 13.4. The summed E-state index contributed by atoms with van der Waals surface area (Å²) in [5, 5.41) is 0. The van der Waals surface area contributed by atoms with Crippen molar-refractivity contribution < 1.29 is 27.8 Å². The van der Waals surface area contributed by atoms with Crippen LogP contribution in [0.2, 0.25) is 0 Å². The summed E-state index contributed by atoms with van der Waals surface area (Å²) in [4.78, 5) is 18.3. The van der Waals surface area contributed by atoms with Gasteiger partial charge in [-0.05, 0) is 73.1 Å². The van der Waals surface area contributed by atoms with Gasteiger partial charge in [0.15, 0.2) is 0 Å². The molecule has 168 valence electrons. The minimum absolute atomic E-state index is 0.154. The van der Waals surface area contributed by atoms with Crippen LogP contribution < -0.4 is 0 Å². The average Bonchev–Trinajstić information content (AvgIpc) is 2.51. The van der Waals surface area contributed by atoms with Crippen molar-refractivity contribution in [3.05, 3.63) is 46.6 Å². The molecule has 0 aromatic heterocycles. The molecule has 0 radical (unpaired) electrons. The summed E-state index contributed by atoms with van der Waals surface area (Å²) in [5.41, 5.74) is 5.15. The number of hydrogen-bond donors (Lipinski definition) is 2. The first-order valence-electron chi connectivity index (χ1n) is 9.90. The van der Waals surface area contributed by atoms with E-state index in [1.165, 1.54) is 16.7 Å². The van der Waals surface area contributed by atoms with Gasteiger partial charge in [-0.2, -0.15) is 0 Å². The third kappa shape index (κ3) is 19.0. The van der Waals surface area contributed by atoms with Gasteiger partial charge in [-0.15, -0.1) is 0 Å². The van der Waals surface area contributed by atoms with Crippen molar-refractivity contribution in [3.63, 3.8) is 0 Å². The molecule has 0 saturated heterocycles. The lowest BCUT2D eigenvalue weighted by atomic mass is 10.0. The summed E-state index contributed by atoms with van der Waals surface area (Å²) < 4.78 is 31.3. The summed E-state index contributed by atoms with van der Waals surface area (Å²) in [6.45, 7) is 11.1. The van der Waals surface area contributed by atoms with Gasteiger partial charge in [-0.1, -0.05) is 46.6 Å². The van der Waals surface area contributed by atoms with Gasteiger partial charge in [-0.25, -0.2) is 8.88 Å². The summed E-state index contributed by atoms with van der Waals surface area (Å²) in [6.07, 6.45) is 14.4. The molecule has 0 aliphatic heterocycles. The molecule has 2 atom stereocenters. The zero-order chi connectivity index (χ0) is 22.5. The van der Waals surface area contributed by atoms with Crippen LogP contribution in [0.1, 0.15) is 73.1 Å². The number of rotatable bonds is 14. The Balaban J connectivity index is 4.20. The van der Waals surface area contributed by atoms with Gasteiger partial charge in [0, 0.05) is 6.66 Å². The molecule has 0 heterocycles. The van der Waals surface area contributed by atoms with Gasteiger partial charge in [0.1, 0.15) is 0 Å². The Morgan fingerprint density at radius 2 is 1.17 bits per heavy atom. The van der Waals surface area contributed by atoms with Gasteiger partial charge in [0.05, 0.1) is 6.61 Å². The maximum Gasteiger partial charge on any atom is 0.479 e. The fourth-order valence-electron chi connectivity index (χ4n) is 2.48. The predicted molar refractivity (Wildman–Crippen MR) is 121 cm³/mol. The second kappa shape index (κ2) is 14.3. The van der Waals surface area contributed by atoms with Crippen LogP contribution in [-0.4, -0.2) is 23.1 Å². The van der Waals surface area contributed by atoms with Gasteiger partial charge in [0.2, 0.25) is 0 Å². The second-order valence-electron chi connectivity index (χ2n) is 7.70. The predicted octanol–water partition coefficient (Wildman–Crippen LogP) is 7.08. The molecule has 0 aromatic carbocycles. The molecule has 0 fully saturated rings. The lowest BCUT2D eigenvalue weighted by molar-refractivity contribution is 0.213. The highest BCUT2D eigenvalue weighted by atomic mass is 31.3. The van der Waals surface area contributed by atoms with Crippen molar-refractivity contribution in [1.82, 2.24) is 0 Å². The zero-order valence-electron chi connectivity index (χ0n) is 18.7. The minimum Gasteiger partial charge on any atom is -0.324 e. The molecule has 0 spiro atoms. The highest BCUT2D eigenvalue weighted by molar-refractivity contribution is 7.63. The molecule has 0 bridgehead atoms. The largest absolute Gasteiger partial charge is 0.479 e. The minimum atomic E-state index is -4.52.